The van der Waals surface area contributed by atoms with Crippen LogP contribution in [0.5, 0.6) is 0 Å². The summed E-state index contributed by atoms with van der Waals surface area (Å²) in [6.07, 6.45) is 1.86. The summed E-state index contributed by atoms with van der Waals surface area (Å²) >= 11 is 0. The largest absolute Gasteiger partial charge is 0.481 e. The molecule has 5 heteroatoms. The Hall–Kier alpha value is -1.52. The fourth-order valence-electron chi connectivity index (χ4n) is 1.51. The Kier molecular flexibility index (Phi) is 1.72. The predicted octanol–water partition coefficient (Wildman–Crippen LogP) is 0.318. The summed E-state index contributed by atoms with van der Waals surface area (Å²) in [5.74, 6) is -0.333. The van der Waals surface area contributed by atoms with Gasteiger partial charge in [0.25, 0.3) is 0 Å². The minimum absolute atomic E-state index is 0.346. The summed E-state index contributed by atoms with van der Waals surface area (Å²) in [6, 6.07) is 0. The maximum Gasteiger partial charge on any atom is 0.310 e. The van der Waals surface area contributed by atoms with Crippen LogP contribution in [-0.2, 0) is 11.3 Å². The van der Waals surface area contributed by atoms with Gasteiger partial charge in [-0.2, -0.15) is 0 Å². The number of nitrogens with zero attached hydrogens (tertiary/aromatic N) is 2. The van der Waals surface area contributed by atoms with E-state index in [1.54, 1.807) is 0 Å². The number of hydrogen-bond donors (Lipinski definition) is 2. The number of imidazole rings is 1. The van der Waals surface area contributed by atoms with Crippen molar-refractivity contribution in [3.8, 4) is 0 Å². The maximum absolute atomic E-state index is 10.7. The fourth-order valence-corrected chi connectivity index (χ4v) is 1.51. The number of carbonyl (C=O) groups is 1. The second kappa shape index (κ2) is 2.76. The second-order valence-electron chi connectivity index (χ2n) is 3.27. The van der Waals surface area contributed by atoms with Gasteiger partial charge in [0.15, 0.2) is 0 Å². The average Bonchev–Trinajstić information content (AvgIpc) is 2.42. The highest BCUT2D eigenvalue weighted by atomic mass is 16.4. The van der Waals surface area contributed by atoms with Crippen LogP contribution in [0.1, 0.15) is 5.69 Å². The third-order valence-electron chi connectivity index (χ3n) is 2.17. The minimum atomic E-state index is -0.760. The molecule has 0 radical (unpaired) electrons. The highest BCUT2D eigenvalue weighted by Crippen LogP contribution is 2.17. The summed E-state index contributed by atoms with van der Waals surface area (Å²) in [5, 5.41) is 11.8. The van der Waals surface area contributed by atoms with Crippen molar-refractivity contribution in [3.63, 3.8) is 0 Å². The number of fused-ring (bicyclic) bond motifs is 1. The number of hydrogen-bond acceptors (Lipinski definition) is 3. The van der Waals surface area contributed by atoms with Crippen LogP contribution in [0, 0.1) is 12.8 Å². The van der Waals surface area contributed by atoms with Crippen molar-refractivity contribution in [1.82, 2.24) is 9.55 Å². The van der Waals surface area contributed by atoms with Gasteiger partial charge in [-0.05, 0) is 6.92 Å². The summed E-state index contributed by atoms with van der Waals surface area (Å²) in [6.45, 7) is 2.87. The Bertz CT molecular complexity index is 345. The molecule has 1 aromatic rings. The van der Waals surface area contributed by atoms with Crippen LogP contribution in [-0.4, -0.2) is 27.2 Å². The molecule has 0 saturated heterocycles. The fraction of sp³-hybridized carbons (Fsp3) is 0.500. The Labute approximate surface area is 75.4 Å². The summed E-state index contributed by atoms with van der Waals surface area (Å²) in [4.78, 5) is 14.9. The second-order valence-corrected chi connectivity index (χ2v) is 3.27. The molecule has 0 aromatic carbocycles. The van der Waals surface area contributed by atoms with Crippen LogP contribution in [0.25, 0.3) is 0 Å². The zero-order chi connectivity index (χ0) is 9.42. The summed E-state index contributed by atoms with van der Waals surface area (Å²) in [7, 11) is 0. The number of nitrogens with one attached hydrogen (secondary N) is 1. The molecule has 0 fully saturated rings. The van der Waals surface area contributed by atoms with Gasteiger partial charge in [0.2, 0.25) is 5.95 Å². The molecule has 0 spiro atoms. The van der Waals surface area contributed by atoms with E-state index in [0.29, 0.717) is 13.1 Å². The smallest absolute Gasteiger partial charge is 0.310 e. The Morgan fingerprint density at radius 2 is 2.62 bits per heavy atom. The van der Waals surface area contributed by atoms with Crippen molar-refractivity contribution in [2.24, 2.45) is 5.92 Å². The van der Waals surface area contributed by atoms with Gasteiger partial charge in [-0.3, -0.25) is 4.79 Å². The topological polar surface area (TPSA) is 67.2 Å². The van der Waals surface area contributed by atoms with Gasteiger partial charge in [-0.15, -0.1) is 0 Å². The summed E-state index contributed by atoms with van der Waals surface area (Å²) < 4.78 is 1.84. The van der Waals surface area contributed by atoms with Gasteiger partial charge in [0.1, 0.15) is 0 Å². The lowest BCUT2D eigenvalue weighted by molar-refractivity contribution is -0.141. The Balaban J connectivity index is 2.24. The van der Waals surface area contributed by atoms with Gasteiger partial charge in [-0.1, -0.05) is 0 Å². The van der Waals surface area contributed by atoms with E-state index in [1.807, 2.05) is 17.7 Å². The SMILES string of the molecule is Cc1cn2c(n1)NCC(C(=O)O)C2. The van der Waals surface area contributed by atoms with Gasteiger partial charge in [0, 0.05) is 19.3 Å². The van der Waals surface area contributed by atoms with Crippen molar-refractivity contribution in [2.45, 2.75) is 13.5 Å². The molecule has 1 aliphatic rings. The average molecular weight is 181 g/mol. The zero-order valence-electron chi connectivity index (χ0n) is 7.32. The monoisotopic (exact) mass is 181 g/mol. The molecule has 2 N–H and O–H groups in total. The highest BCUT2D eigenvalue weighted by molar-refractivity contribution is 5.71. The lowest BCUT2D eigenvalue weighted by Gasteiger charge is -2.21. The van der Waals surface area contributed by atoms with E-state index < -0.39 is 5.97 Å². The third-order valence-corrected chi connectivity index (χ3v) is 2.17. The van der Waals surface area contributed by atoms with Crippen molar-refractivity contribution < 1.29 is 9.90 Å². The van der Waals surface area contributed by atoms with E-state index in [9.17, 15) is 4.79 Å². The number of carboxylic acid groups (broad SMARTS) is 1. The van der Waals surface area contributed by atoms with Crippen LogP contribution in [0.2, 0.25) is 0 Å². The van der Waals surface area contributed by atoms with Gasteiger partial charge in [0.05, 0.1) is 11.6 Å². The molecular formula is C8H11N3O2. The van der Waals surface area contributed by atoms with E-state index in [2.05, 4.69) is 10.3 Å². The number of aliphatic carboxylic acids is 1. The Morgan fingerprint density at radius 1 is 1.85 bits per heavy atom. The molecule has 1 atom stereocenters. The first-order chi connectivity index (χ1) is 6.16. The van der Waals surface area contributed by atoms with Crippen LogP contribution >= 0.6 is 0 Å². The molecule has 2 rings (SSSR count). The number of anilines is 1. The number of rotatable bonds is 1. The quantitative estimate of drug-likeness (QED) is 0.654. The molecule has 5 nitrogen and oxygen atoms in total. The first-order valence-electron chi connectivity index (χ1n) is 4.17. The van der Waals surface area contributed by atoms with E-state index >= 15 is 0 Å². The third kappa shape index (κ3) is 1.37. The van der Waals surface area contributed by atoms with Crippen molar-refractivity contribution in [1.29, 1.82) is 0 Å². The van der Waals surface area contributed by atoms with Crippen molar-refractivity contribution in [3.05, 3.63) is 11.9 Å². The minimum Gasteiger partial charge on any atom is -0.481 e. The van der Waals surface area contributed by atoms with E-state index in [4.69, 9.17) is 5.11 Å². The molecule has 1 aromatic heterocycles. The molecule has 1 unspecified atom stereocenters. The molecular weight excluding hydrogens is 170 g/mol. The number of aromatic nitrogens is 2. The molecule has 0 amide bonds. The van der Waals surface area contributed by atoms with Crippen LogP contribution < -0.4 is 5.32 Å². The van der Waals surface area contributed by atoms with Crippen LogP contribution in [0.15, 0.2) is 6.20 Å². The van der Waals surface area contributed by atoms with Crippen molar-refractivity contribution >= 4 is 11.9 Å². The molecule has 1 aliphatic heterocycles. The lowest BCUT2D eigenvalue weighted by atomic mass is 10.1. The predicted molar refractivity (Wildman–Crippen MR) is 46.6 cm³/mol. The maximum atomic E-state index is 10.7. The van der Waals surface area contributed by atoms with Crippen LogP contribution in [0.4, 0.5) is 5.95 Å². The zero-order valence-corrected chi connectivity index (χ0v) is 7.32. The van der Waals surface area contributed by atoms with Crippen LogP contribution in [0.3, 0.4) is 0 Å². The first-order valence-corrected chi connectivity index (χ1v) is 4.17. The summed E-state index contributed by atoms with van der Waals surface area (Å²) in [5.41, 5.74) is 0.911. The molecule has 70 valence electrons. The van der Waals surface area contributed by atoms with Gasteiger partial charge < -0.3 is 15.0 Å². The van der Waals surface area contributed by atoms with Gasteiger partial charge >= 0.3 is 5.97 Å². The number of aryl methyl sites for hydroxylation is 1. The molecule has 0 bridgehead atoms. The van der Waals surface area contributed by atoms with E-state index in [-0.39, 0.29) is 5.92 Å². The molecule has 2 heterocycles. The molecule has 0 saturated carbocycles. The van der Waals surface area contributed by atoms with E-state index in [0.717, 1.165) is 11.6 Å². The molecule has 13 heavy (non-hydrogen) atoms. The molecule has 0 aliphatic carbocycles. The number of carboxylic acids is 1. The first kappa shape index (κ1) is 8.10. The normalized spacial score (nSPS) is 20.5. The Morgan fingerprint density at radius 3 is 3.31 bits per heavy atom. The standard InChI is InChI=1S/C8H11N3O2/c1-5-3-11-4-6(7(12)13)2-9-8(11)10-5/h3,6H,2,4H2,1H3,(H,9,10)(H,12,13). The highest BCUT2D eigenvalue weighted by Gasteiger charge is 2.24. The van der Waals surface area contributed by atoms with E-state index in [1.165, 1.54) is 0 Å². The lowest BCUT2D eigenvalue weighted by Crippen LogP contribution is -2.32. The van der Waals surface area contributed by atoms with Crippen molar-refractivity contribution in [2.75, 3.05) is 11.9 Å². The van der Waals surface area contributed by atoms with Gasteiger partial charge in [-0.25, -0.2) is 4.98 Å².